The highest BCUT2D eigenvalue weighted by Gasteiger charge is 2.24. The standard InChI is InChI=1S/C24H22FNO7S/c1-13-10-17(26-23(28)15(3)24(29)30)11-14(2)22(13)33-18-6-9-20(27)21(12-18)34(31,32)19-7-4-16(25)5-8-19/h4-12,15,27H,1-3H3,(H,26,28)(H,29,30). The van der Waals surface area contributed by atoms with Crippen molar-refractivity contribution in [3.63, 3.8) is 0 Å². The summed E-state index contributed by atoms with van der Waals surface area (Å²) in [6.45, 7) is 4.68. The molecule has 1 unspecified atom stereocenters. The van der Waals surface area contributed by atoms with Gasteiger partial charge in [-0.1, -0.05) is 0 Å². The van der Waals surface area contributed by atoms with Crippen LogP contribution in [0.15, 0.2) is 64.4 Å². The summed E-state index contributed by atoms with van der Waals surface area (Å²) < 4.78 is 45.0. The zero-order valence-corrected chi connectivity index (χ0v) is 19.3. The Morgan fingerprint density at radius 1 is 1.00 bits per heavy atom. The molecular formula is C24H22FNO7S. The average molecular weight is 488 g/mol. The highest BCUT2D eigenvalue weighted by molar-refractivity contribution is 7.91. The molecule has 0 bridgehead atoms. The SMILES string of the molecule is Cc1cc(NC(=O)C(C)C(=O)O)cc(C)c1Oc1ccc(O)c(S(=O)(=O)c2ccc(F)cc2)c1. The van der Waals surface area contributed by atoms with Gasteiger partial charge in [0.05, 0.1) is 4.90 Å². The monoisotopic (exact) mass is 487 g/mol. The number of benzene rings is 3. The Kier molecular flexibility index (Phi) is 6.92. The van der Waals surface area contributed by atoms with Crippen LogP contribution in [0.4, 0.5) is 10.1 Å². The minimum Gasteiger partial charge on any atom is -0.507 e. The van der Waals surface area contributed by atoms with Gasteiger partial charge >= 0.3 is 5.97 Å². The maximum Gasteiger partial charge on any atom is 0.315 e. The Morgan fingerprint density at radius 3 is 2.15 bits per heavy atom. The second kappa shape index (κ2) is 9.52. The number of nitrogens with one attached hydrogen (secondary N) is 1. The van der Waals surface area contributed by atoms with E-state index < -0.39 is 44.1 Å². The Hall–Kier alpha value is -3.92. The largest absolute Gasteiger partial charge is 0.507 e. The molecule has 1 amide bonds. The van der Waals surface area contributed by atoms with E-state index in [1.807, 2.05) is 0 Å². The number of carboxylic acids is 1. The van der Waals surface area contributed by atoms with Gasteiger partial charge in [0, 0.05) is 11.8 Å². The fourth-order valence-electron chi connectivity index (χ4n) is 3.18. The van der Waals surface area contributed by atoms with Gasteiger partial charge in [-0.3, -0.25) is 9.59 Å². The summed E-state index contributed by atoms with van der Waals surface area (Å²) in [5, 5.41) is 21.7. The Balaban J connectivity index is 1.91. The Bertz CT molecular complexity index is 1350. The lowest BCUT2D eigenvalue weighted by molar-refractivity contribution is -0.144. The molecule has 0 fully saturated rings. The van der Waals surface area contributed by atoms with Crippen molar-refractivity contribution in [2.75, 3.05) is 5.32 Å². The van der Waals surface area contributed by atoms with Crippen molar-refractivity contribution in [3.05, 3.63) is 71.5 Å². The van der Waals surface area contributed by atoms with Gasteiger partial charge < -0.3 is 20.3 Å². The quantitative estimate of drug-likeness (QED) is 0.332. The molecule has 0 spiro atoms. The molecule has 0 saturated carbocycles. The fraction of sp³-hybridized carbons (Fsp3) is 0.167. The van der Waals surface area contributed by atoms with E-state index in [1.165, 1.54) is 19.1 Å². The number of carbonyl (C=O) groups is 2. The van der Waals surface area contributed by atoms with Crippen LogP contribution in [-0.4, -0.2) is 30.5 Å². The molecule has 0 aliphatic heterocycles. The van der Waals surface area contributed by atoms with Crippen molar-refractivity contribution in [2.24, 2.45) is 5.92 Å². The number of phenolic OH excluding ortho intramolecular Hbond substituents is 1. The van der Waals surface area contributed by atoms with Crippen molar-refractivity contribution >= 4 is 27.4 Å². The van der Waals surface area contributed by atoms with Crippen LogP contribution >= 0.6 is 0 Å². The number of aromatic hydroxyl groups is 1. The number of amides is 1. The lowest BCUT2D eigenvalue weighted by Crippen LogP contribution is -2.26. The fourth-order valence-corrected chi connectivity index (χ4v) is 4.54. The van der Waals surface area contributed by atoms with Crippen molar-refractivity contribution in [1.29, 1.82) is 0 Å². The first kappa shape index (κ1) is 24.7. The van der Waals surface area contributed by atoms with Crippen LogP contribution in [0.25, 0.3) is 0 Å². The average Bonchev–Trinajstić information content (AvgIpc) is 2.76. The number of rotatable bonds is 7. The van der Waals surface area contributed by atoms with Gasteiger partial charge in [0.1, 0.15) is 33.9 Å². The van der Waals surface area contributed by atoms with Crippen LogP contribution in [0.2, 0.25) is 0 Å². The van der Waals surface area contributed by atoms with E-state index in [1.54, 1.807) is 26.0 Å². The number of anilines is 1. The number of phenols is 1. The number of aliphatic carboxylic acids is 1. The zero-order chi connectivity index (χ0) is 25.2. The van der Waals surface area contributed by atoms with E-state index in [4.69, 9.17) is 9.84 Å². The molecule has 3 rings (SSSR count). The van der Waals surface area contributed by atoms with Crippen LogP contribution in [0, 0.1) is 25.6 Å². The van der Waals surface area contributed by atoms with Crippen molar-refractivity contribution in [2.45, 2.75) is 30.6 Å². The van der Waals surface area contributed by atoms with E-state index in [2.05, 4.69) is 5.32 Å². The topological polar surface area (TPSA) is 130 Å². The molecule has 3 aromatic carbocycles. The molecule has 0 heterocycles. The molecule has 0 aliphatic carbocycles. The third-order valence-electron chi connectivity index (χ3n) is 5.06. The summed E-state index contributed by atoms with van der Waals surface area (Å²) in [6, 6.07) is 11.1. The molecule has 0 aliphatic rings. The lowest BCUT2D eigenvalue weighted by atomic mass is 10.1. The van der Waals surface area contributed by atoms with E-state index in [0.29, 0.717) is 22.6 Å². The predicted octanol–water partition coefficient (Wildman–Crippen LogP) is 4.43. The van der Waals surface area contributed by atoms with Crippen molar-refractivity contribution in [3.8, 4) is 17.2 Å². The van der Waals surface area contributed by atoms with E-state index >= 15 is 0 Å². The van der Waals surface area contributed by atoms with E-state index in [0.717, 1.165) is 30.3 Å². The first-order valence-corrected chi connectivity index (χ1v) is 11.5. The molecule has 3 N–H and O–H groups in total. The predicted molar refractivity (Wildman–Crippen MR) is 121 cm³/mol. The van der Waals surface area contributed by atoms with Gasteiger partial charge in [-0.15, -0.1) is 0 Å². The van der Waals surface area contributed by atoms with Crippen LogP contribution < -0.4 is 10.1 Å². The number of carboxylic acid groups (broad SMARTS) is 1. The molecule has 34 heavy (non-hydrogen) atoms. The lowest BCUT2D eigenvalue weighted by Gasteiger charge is -2.16. The number of halogens is 1. The van der Waals surface area contributed by atoms with E-state index in [9.17, 15) is 27.5 Å². The van der Waals surface area contributed by atoms with Gasteiger partial charge in [-0.05, 0) is 80.4 Å². The van der Waals surface area contributed by atoms with Gasteiger partial charge in [0.15, 0.2) is 0 Å². The maximum absolute atomic E-state index is 13.2. The molecule has 8 nitrogen and oxygen atoms in total. The number of hydrogen-bond donors (Lipinski definition) is 3. The number of hydrogen-bond acceptors (Lipinski definition) is 6. The van der Waals surface area contributed by atoms with E-state index in [-0.39, 0.29) is 10.6 Å². The Labute approximate surface area is 195 Å². The van der Waals surface area contributed by atoms with Gasteiger partial charge in [0.2, 0.25) is 15.7 Å². The highest BCUT2D eigenvalue weighted by atomic mass is 32.2. The molecule has 0 radical (unpaired) electrons. The summed E-state index contributed by atoms with van der Waals surface area (Å²) in [5.41, 5.74) is 1.56. The molecular weight excluding hydrogens is 465 g/mol. The van der Waals surface area contributed by atoms with Crippen LogP contribution in [0.3, 0.4) is 0 Å². The summed E-state index contributed by atoms with van der Waals surface area (Å²) in [4.78, 5) is 22.4. The number of ether oxygens (including phenoxy) is 1. The maximum atomic E-state index is 13.2. The molecule has 1 atom stereocenters. The second-order valence-corrected chi connectivity index (χ2v) is 9.60. The van der Waals surface area contributed by atoms with Crippen LogP contribution in [0.5, 0.6) is 17.2 Å². The molecule has 0 aromatic heterocycles. The smallest absolute Gasteiger partial charge is 0.315 e. The molecule has 3 aromatic rings. The molecule has 0 saturated heterocycles. The van der Waals surface area contributed by atoms with Crippen LogP contribution in [0.1, 0.15) is 18.1 Å². The van der Waals surface area contributed by atoms with Gasteiger partial charge in [-0.2, -0.15) is 0 Å². The highest BCUT2D eigenvalue weighted by Crippen LogP contribution is 2.36. The van der Waals surface area contributed by atoms with Crippen molar-refractivity contribution in [1.82, 2.24) is 0 Å². The third kappa shape index (κ3) is 5.18. The zero-order valence-electron chi connectivity index (χ0n) is 18.5. The van der Waals surface area contributed by atoms with Crippen molar-refractivity contribution < 1.29 is 37.3 Å². The third-order valence-corrected chi connectivity index (χ3v) is 6.86. The second-order valence-electron chi connectivity index (χ2n) is 7.68. The summed E-state index contributed by atoms with van der Waals surface area (Å²) in [5.74, 6) is -3.71. The normalized spacial score (nSPS) is 12.1. The summed E-state index contributed by atoms with van der Waals surface area (Å²) >= 11 is 0. The van der Waals surface area contributed by atoms with Crippen LogP contribution in [-0.2, 0) is 19.4 Å². The minimum atomic E-state index is -4.15. The minimum absolute atomic E-state index is 0.126. The first-order chi connectivity index (χ1) is 15.9. The molecule has 178 valence electrons. The summed E-state index contributed by atoms with van der Waals surface area (Å²) in [7, 11) is -4.15. The number of aryl methyl sites for hydroxylation is 2. The number of sulfone groups is 1. The van der Waals surface area contributed by atoms with Gasteiger partial charge in [-0.25, -0.2) is 12.8 Å². The molecule has 10 heteroatoms. The van der Waals surface area contributed by atoms with Gasteiger partial charge in [0.25, 0.3) is 0 Å². The summed E-state index contributed by atoms with van der Waals surface area (Å²) in [6.07, 6.45) is 0. The first-order valence-electron chi connectivity index (χ1n) is 10.1. The number of carbonyl (C=O) groups excluding carboxylic acids is 1. The Morgan fingerprint density at radius 2 is 1.59 bits per heavy atom.